The van der Waals surface area contributed by atoms with E-state index in [4.69, 9.17) is 4.74 Å². The maximum Gasteiger partial charge on any atom is 0.111 e. The average Bonchev–Trinajstić information content (AvgIpc) is 2.38. The number of ether oxygens (including phenoxy) is 1. The average molecular weight is 262 g/mol. The first-order valence-corrected chi connectivity index (χ1v) is 7.30. The number of hydrogen-bond acceptors (Lipinski definition) is 3. The number of aliphatic hydroxyl groups excluding tert-OH is 2. The minimum atomic E-state index is -0.814. The lowest BCUT2D eigenvalue weighted by atomic mass is 9.81. The van der Waals surface area contributed by atoms with Gasteiger partial charge < -0.3 is 14.9 Å². The molecule has 0 bridgehead atoms. The van der Waals surface area contributed by atoms with E-state index in [1.807, 2.05) is 12.1 Å². The quantitative estimate of drug-likeness (QED) is 0.878. The molecular formula is C16H22O3. The Morgan fingerprint density at radius 2 is 1.79 bits per heavy atom. The molecule has 3 heteroatoms. The summed E-state index contributed by atoms with van der Waals surface area (Å²) < 4.78 is 5.59. The van der Waals surface area contributed by atoms with Gasteiger partial charge in [-0.05, 0) is 29.9 Å². The van der Waals surface area contributed by atoms with Gasteiger partial charge in [0.1, 0.15) is 12.2 Å². The highest BCUT2D eigenvalue weighted by atomic mass is 16.5. The van der Waals surface area contributed by atoms with Crippen molar-refractivity contribution in [2.75, 3.05) is 6.61 Å². The third-order valence-electron chi connectivity index (χ3n) is 4.47. The third-order valence-corrected chi connectivity index (χ3v) is 4.47. The van der Waals surface area contributed by atoms with Crippen molar-refractivity contribution in [2.45, 2.75) is 50.4 Å². The van der Waals surface area contributed by atoms with Gasteiger partial charge >= 0.3 is 0 Å². The fraction of sp³-hybridized carbons (Fsp3) is 0.625. The van der Waals surface area contributed by atoms with Crippen LogP contribution in [0, 0.1) is 5.92 Å². The van der Waals surface area contributed by atoms with Gasteiger partial charge in [0.15, 0.2) is 0 Å². The van der Waals surface area contributed by atoms with Gasteiger partial charge in [-0.3, -0.25) is 0 Å². The zero-order valence-corrected chi connectivity index (χ0v) is 11.2. The second-order valence-electron chi connectivity index (χ2n) is 5.88. The molecule has 0 radical (unpaired) electrons. The Morgan fingerprint density at radius 3 is 2.42 bits per heavy atom. The summed E-state index contributed by atoms with van der Waals surface area (Å²) in [6, 6.07) is 8.31. The molecule has 3 rings (SSSR count). The molecule has 1 saturated carbocycles. The second kappa shape index (κ2) is 5.61. The Labute approximate surface area is 114 Å². The monoisotopic (exact) mass is 262 g/mol. The van der Waals surface area contributed by atoms with Crippen LogP contribution in [0.1, 0.15) is 42.9 Å². The van der Waals surface area contributed by atoms with Gasteiger partial charge in [-0.15, -0.1) is 0 Å². The Bertz CT molecular complexity index is 411. The first kappa shape index (κ1) is 13.1. The van der Waals surface area contributed by atoms with Crippen LogP contribution in [-0.4, -0.2) is 29.0 Å². The second-order valence-corrected chi connectivity index (χ2v) is 5.88. The van der Waals surface area contributed by atoms with Crippen LogP contribution >= 0.6 is 0 Å². The summed E-state index contributed by atoms with van der Waals surface area (Å²) in [5.41, 5.74) is 2.32. The Morgan fingerprint density at radius 1 is 1.05 bits per heavy atom. The van der Waals surface area contributed by atoms with Crippen molar-refractivity contribution < 1.29 is 14.9 Å². The highest BCUT2D eigenvalue weighted by Gasteiger charge is 2.32. The van der Waals surface area contributed by atoms with Crippen molar-refractivity contribution in [2.24, 2.45) is 5.92 Å². The predicted octanol–water partition coefficient (Wildman–Crippen LogP) is 2.21. The van der Waals surface area contributed by atoms with E-state index in [0.29, 0.717) is 13.0 Å². The minimum absolute atomic E-state index is 0.387. The molecular weight excluding hydrogens is 240 g/mol. The Kier molecular flexibility index (Phi) is 3.87. The largest absolute Gasteiger partial charge is 0.390 e. The van der Waals surface area contributed by atoms with Crippen LogP contribution < -0.4 is 0 Å². The van der Waals surface area contributed by atoms with Gasteiger partial charge in [-0.1, -0.05) is 43.5 Å². The molecule has 1 aliphatic heterocycles. The van der Waals surface area contributed by atoms with E-state index >= 15 is 0 Å². The molecule has 104 valence electrons. The molecule has 19 heavy (non-hydrogen) atoms. The van der Waals surface area contributed by atoms with Crippen LogP contribution in [0.15, 0.2) is 24.3 Å². The number of aliphatic hydroxyl groups is 2. The summed E-state index contributed by atoms with van der Waals surface area (Å²) in [4.78, 5) is 0. The van der Waals surface area contributed by atoms with E-state index in [9.17, 15) is 10.2 Å². The van der Waals surface area contributed by atoms with Crippen LogP contribution in [-0.2, 0) is 11.2 Å². The van der Waals surface area contributed by atoms with Gasteiger partial charge in [0.25, 0.3) is 0 Å². The maximum absolute atomic E-state index is 9.98. The summed E-state index contributed by atoms with van der Waals surface area (Å²) >= 11 is 0. The van der Waals surface area contributed by atoms with Crippen LogP contribution in [0.5, 0.6) is 0 Å². The zero-order chi connectivity index (χ0) is 13.2. The molecule has 1 aromatic carbocycles. The highest BCUT2D eigenvalue weighted by molar-refractivity contribution is 5.26. The lowest BCUT2D eigenvalue weighted by Gasteiger charge is -2.32. The molecule has 2 aliphatic rings. The molecule has 0 unspecified atom stereocenters. The minimum Gasteiger partial charge on any atom is -0.390 e. The maximum atomic E-state index is 9.98. The molecule has 3 atom stereocenters. The fourth-order valence-electron chi connectivity index (χ4n) is 2.95. The summed E-state index contributed by atoms with van der Waals surface area (Å²) in [7, 11) is 0. The summed E-state index contributed by atoms with van der Waals surface area (Å²) in [5.74, 6) is 0.865. The first-order valence-electron chi connectivity index (χ1n) is 7.30. The molecule has 0 spiro atoms. The fourth-order valence-corrected chi connectivity index (χ4v) is 2.95. The van der Waals surface area contributed by atoms with Gasteiger partial charge in [0.2, 0.25) is 0 Å². The molecule has 0 aromatic heterocycles. The van der Waals surface area contributed by atoms with Crippen molar-refractivity contribution in [1.29, 1.82) is 0 Å². The van der Waals surface area contributed by atoms with Gasteiger partial charge in [-0.25, -0.2) is 0 Å². The van der Waals surface area contributed by atoms with Crippen LogP contribution in [0.25, 0.3) is 0 Å². The molecule has 1 aromatic rings. The van der Waals surface area contributed by atoms with Gasteiger partial charge in [0, 0.05) is 0 Å². The number of rotatable bonds is 3. The molecule has 2 N–H and O–H groups in total. The van der Waals surface area contributed by atoms with Crippen LogP contribution in [0.2, 0.25) is 0 Å². The first-order chi connectivity index (χ1) is 9.24. The van der Waals surface area contributed by atoms with E-state index < -0.39 is 12.2 Å². The normalized spacial score (nSPS) is 32.0. The molecule has 2 fully saturated rings. The van der Waals surface area contributed by atoms with Crippen molar-refractivity contribution in [1.82, 2.24) is 0 Å². The smallest absolute Gasteiger partial charge is 0.111 e. The predicted molar refractivity (Wildman–Crippen MR) is 72.8 cm³/mol. The summed E-state index contributed by atoms with van der Waals surface area (Å²) in [6.07, 6.45) is 3.90. The lowest BCUT2D eigenvalue weighted by molar-refractivity contribution is -0.137. The standard InChI is InChI=1S/C16H22O3/c17-14-8-9-19-16(15(14)18)13-6-4-12(5-7-13)10-11-2-1-3-11/h4-7,11,14-18H,1-3,8-10H2/t14-,15-,16-/m1/s1. The summed E-state index contributed by atoms with van der Waals surface area (Å²) in [5, 5.41) is 19.7. The molecule has 1 saturated heterocycles. The van der Waals surface area contributed by atoms with Crippen molar-refractivity contribution in [3.8, 4) is 0 Å². The Hall–Kier alpha value is -0.900. The van der Waals surface area contributed by atoms with Crippen LogP contribution in [0.4, 0.5) is 0 Å². The van der Waals surface area contributed by atoms with Crippen LogP contribution in [0.3, 0.4) is 0 Å². The van der Waals surface area contributed by atoms with Crippen molar-refractivity contribution in [3.63, 3.8) is 0 Å². The molecule has 1 aliphatic carbocycles. The molecule has 1 heterocycles. The molecule has 0 amide bonds. The van der Waals surface area contributed by atoms with E-state index in [0.717, 1.165) is 17.9 Å². The van der Waals surface area contributed by atoms with Crippen molar-refractivity contribution in [3.05, 3.63) is 35.4 Å². The number of benzene rings is 1. The molecule has 3 nitrogen and oxygen atoms in total. The van der Waals surface area contributed by atoms with E-state index in [2.05, 4.69) is 12.1 Å². The third kappa shape index (κ3) is 2.83. The topological polar surface area (TPSA) is 49.7 Å². The Balaban J connectivity index is 1.67. The van der Waals surface area contributed by atoms with Gasteiger partial charge in [-0.2, -0.15) is 0 Å². The lowest BCUT2D eigenvalue weighted by Crippen LogP contribution is -2.39. The summed E-state index contributed by atoms with van der Waals surface area (Å²) in [6.45, 7) is 0.507. The van der Waals surface area contributed by atoms with E-state index in [1.54, 1.807) is 0 Å². The number of hydrogen-bond donors (Lipinski definition) is 2. The highest BCUT2D eigenvalue weighted by Crippen LogP contribution is 2.32. The van der Waals surface area contributed by atoms with Gasteiger partial charge in [0.05, 0.1) is 12.7 Å². The SMILES string of the molecule is O[C@@H]1[C@H](O)CCO[C@@H]1c1ccc(CC2CCC2)cc1. The van der Waals surface area contributed by atoms with Crippen molar-refractivity contribution >= 4 is 0 Å². The van der Waals surface area contributed by atoms with E-state index in [-0.39, 0.29) is 6.10 Å². The van der Waals surface area contributed by atoms with E-state index in [1.165, 1.54) is 24.8 Å². The zero-order valence-electron chi connectivity index (χ0n) is 11.2.